The Kier molecular flexibility index (Phi) is 2.77. The van der Waals surface area contributed by atoms with Crippen LogP contribution in [0.3, 0.4) is 0 Å². The van der Waals surface area contributed by atoms with E-state index in [9.17, 15) is 0 Å². The van der Waals surface area contributed by atoms with Gasteiger partial charge in [0.25, 0.3) is 0 Å². The van der Waals surface area contributed by atoms with Crippen molar-refractivity contribution in [3.8, 4) is 0 Å². The van der Waals surface area contributed by atoms with E-state index in [4.69, 9.17) is 5.73 Å². The monoisotopic (exact) mass is 265 g/mol. The van der Waals surface area contributed by atoms with E-state index < -0.39 is 0 Å². The summed E-state index contributed by atoms with van der Waals surface area (Å²) in [5, 5.41) is 0. The third-order valence-electron chi connectivity index (χ3n) is 2.34. The van der Waals surface area contributed by atoms with Gasteiger partial charge in [0.05, 0.1) is 12.7 Å². The molecule has 0 saturated heterocycles. The first kappa shape index (κ1) is 10.2. The number of hydrogen-bond donors (Lipinski definition) is 1. The predicted molar refractivity (Wildman–Crippen MR) is 64.6 cm³/mol. The van der Waals surface area contributed by atoms with Crippen LogP contribution in [0, 0.1) is 6.92 Å². The highest BCUT2D eigenvalue weighted by atomic mass is 79.9. The molecule has 2 aromatic rings. The van der Waals surface area contributed by atoms with Crippen LogP contribution >= 0.6 is 15.9 Å². The number of nitrogens with zero attached hydrogens (tertiary/aromatic N) is 2. The average molecular weight is 266 g/mol. The summed E-state index contributed by atoms with van der Waals surface area (Å²) in [6.45, 7) is 2.77. The maximum atomic E-state index is 5.76. The lowest BCUT2D eigenvalue weighted by molar-refractivity contribution is 0.783. The molecule has 0 bridgehead atoms. The topological polar surface area (TPSA) is 43.8 Å². The van der Waals surface area contributed by atoms with Crippen LogP contribution in [0.1, 0.15) is 11.3 Å². The number of halogens is 1. The molecule has 78 valence electrons. The summed E-state index contributed by atoms with van der Waals surface area (Å²) in [5.74, 6) is 0.565. The first-order valence-corrected chi connectivity index (χ1v) is 5.48. The molecule has 3 nitrogen and oxygen atoms in total. The summed E-state index contributed by atoms with van der Waals surface area (Å²) in [6, 6.07) is 8.20. The Labute approximate surface area is 97.1 Å². The van der Waals surface area contributed by atoms with Crippen molar-refractivity contribution in [3.63, 3.8) is 0 Å². The quantitative estimate of drug-likeness (QED) is 0.907. The lowest BCUT2D eigenvalue weighted by Crippen LogP contribution is -2.06. The number of anilines is 1. The number of rotatable bonds is 2. The molecule has 0 atom stereocenters. The smallest absolute Gasteiger partial charge is 0.200 e. The van der Waals surface area contributed by atoms with Crippen molar-refractivity contribution in [1.29, 1.82) is 0 Å². The second-order valence-electron chi connectivity index (χ2n) is 3.47. The normalized spacial score (nSPS) is 10.5. The Bertz CT molecular complexity index is 440. The van der Waals surface area contributed by atoms with E-state index in [-0.39, 0.29) is 0 Å². The van der Waals surface area contributed by atoms with E-state index >= 15 is 0 Å². The van der Waals surface area contributed by atoms with E-state index in [1.165, 1.54) is 5.56 Å². The van der Waals surface area contributed by atoms with Crippen molar-refractivity contribution in [1.82, 2.24) is 9.55 Å². The summed E-state index contributed by atoms with van der Waals surface area (Å²) in [6.07, 6.45) is 1.79. The first-order chi connectivity index (χ1) is 7.16. The van der Waals surface area contributed by atoms with E-state index in [0.717, 1.165) is 16.7 Å². The zero-order chi connectivity index (χ0) is 10.8. The fourth-order valence-electron chi connectivity index (χ4n) is 1.46. The van der Waals surface area contributed by atoms with Gasteiger partial charge in [0, 0.05) is 10.2 Å². The van der Waals surface area contributed by atoms with Gasteiger partial charge in [0.2, 0.25) is 5.95 Å². The highest BCUT2D eigenvalue weighted by Crippen LogP contribution is 2.14. The lowest BCUT2D eigenvalue weighted by Gasteiger charge is -2.07. The lowest BCUT2D eigenvalue weighted by atomic mass is 10.2. The third-order valence-corrected chi connectivity index (χ3v) is 2.87. The molecule has 1 aromatic carbocycles. The first-order valence-electron chi connectivity index (χ1n) is 4.69. The minimum atomic E-state index is 0.565. The molecule has 0 radical (unpaired) electrons. The minimum Gasteiger partial charge on any atom is -0.369 e. The van der Waals surface area contributed by atoms with Crippen molar-refractivity contribution in [2.75, 3.05) is 5.73 Å². The molecular formula is C11H12BrN3. The molecule has 0 aliphatic rings. The standard InChI is InChI=1S/C11H12BrN3/c1-8-6-14-11(13)15(8)7-9-2-4-10(12)5-3-9/h2-6H,7H2,1H3,(H2,13,14). The molecule has 0 spiro atoms. The van der Waals surface area contributed by atoms with Crippen LogP contribution in [-0.4, -0.2) is 9.55 Å². The Hall–Kier alpha value is -1.29. The molecular weight excluding hydrogens is 254 g/mol. The third kappa shape index (κ3) is 2.21. The summed E-state index contributed by atoms with van der Waals surface area (Å²) in [5.41, 5.74) is 8.05. The van der Waals surface area contributed by atoms with Gasteiger partial charge in [-0.3, -0.25) is 0 Å². The maximum Gasteiger partial charge on any atom is 0.200 e. The van der Waals surface area contributed by atoms with Crippen molar-refractivity contribution in [3.05, 3.63) is 46.2 Å². The number of aryl methyl sites for hydroxylation is 1. The second kappa shape index (κ2) is 4.06. The number of nitrogens with two attached hydrogens (primary N) is 1. The van der Waals surface area contributed by atoms with Gasteiger partial charge in [-0.2, -0.15) is 0 Å². The number of aromatic nitrogens is 2. The van der Waals surface area contributed by atoms with Crippen LogP contribution in [0.2, 0.25) is 0 Å². The van der Waals surface area contributed by atoms with Crippen molar-refractivity contribution >= 4 is 21.9 Å². The number of nitrogen functional groups attached to an aromatic ring is 1. The molecule has 2 rings (SSSR count). The SMILES string of the molecule is Cc1cnc(N)n1Cc1ccc(Br)cc1. The van der Waals surface area contributed by atoms with Crippen molar-refractivity contribution in [2.24, 2.45) is 0 Å². The molecule has 0 aliphatic carbocycles. The highest BCUT2D eigenvalue weighted by molar-refractivity contribution is 9.10. The van der Waals surface area contributed by atoms with Gasteiger partial charge in [-0.05, 0) is 24.6 Å². The summed E-state index contributed by atoms with van der Waals surface area (Å²) < 4.78 is 3.07. The van der Waals surface area contributed by atoms with Crippen LogP contribution < -0.4 is 5.73 Å². The molecule has 0 unspecified atom stereocenters. The second-order valence-corrected chi connectivity index (χ2v) is 4.39. The van der Waals surface area contributed by atoms with Crippen LogP contribution in [-0.2, 0) is 6.54 Å². The van der Waals surface area contributed by atoms with Crippen LogP contribution in [0.4, 0.5) is 5.95 Å². The highest BCUT2D eigenvalue weighted by Gasteiger charge is 2.03. The van der Waals surface area contributed by atoms with E-state index in [0.29, 0.717) is 5.95 Å². The molecule has 1 heterocycles. The predicted octanol–water partition coefficient (Wildman–Crippen LogP) is 2.58. The minimum absolute atomic E-state index is 0.565. The molecule has 4 heteroatoms. The van der Waals surface area contributed by atoms with Crippen LogP contribution in [0.15, 0.2) is 34.9 Å². The number of imidazole rings is 1. The Morgan fingerprint density at radius 1 is 1.33 bits per heavy atom. The van der Waals surface area contributed by atoms with Crippen LogP contribution in [0.25, 0.3) is 0 Å². The van der Waals surface area contributed by atoms with E-state index in [1.807, 2.05) is 23.6 Å². The maximum absolute atomic E-state index is 5.76. The van der Waals surface area contributed by atoms with E-state index in [1.54, 1.807) is 6.20 Å². The fraction of sp³-hybridized carbons (Fsp3) is 0.182. The molecule has 0 fully saturated rings. The van der Waals surface area contributed by atoms with Gasteiger partial charge in [-0.15, -0.1) is 0 Å². The molecule has 1 aromatic heterocycles. The molecule has 0 saturated carbocycles. The average Bonchev–Trinajstić information content (AvgIpc) is 2.53. The Morgan fingerprint density at radius 3 is 2.53 bits per heavy atom. The van der Waals surface area contributed by atoms with Crippen molar-refractivity contribution < 1.29 is 0 Å². The van der Waals surface area contributed by atoms with Gasteiger partial charge in [-0.25, -0.2) is 4.98 Å². The van der Waals surface area contributed by atoms with Crippen LogP contribution in [0.5, 0.6) is 0 Å². The number of hydrogen-bond acceptors (Lipinski definition) is 2. The zero-order valence-electron chi connectivity index (χ0n) is 8.44. The molecule has 0 amide bonds. The fourth-order valence-corrected chi connectivity index (χ4v) is 1.72. The molecule has 15 heavy (non-hydrogen) atoms. The van der Waals surface area contributed by atoms with Gasteiger partial charge in [0.15, 0.2) is 0 Å². The van der Waals surface area contributed by atoms with Gasteiger partial charge in [0.1, 0.15) is 0 Å². The summed E-state index contributed by atoms with van der Waals surface area (Å²) in [7, 11) is 0. The largest absolute Gasteiger partial charge is 0.369 e. The van der Waals surface area contributed by atoms with Crippen molar-refractivity contribution in [2.45, 2.75) is 13.5 Å². The number of benzene rings is 1. The van der Waals surface area contributed by atoms with E-state index in [2.05, 4.69) is 33.0 Å². The molecule has 0 aliphatic heterocycles. The Balaban J connectivity index is 2.25. The van der Waals surface area contributed by atoms with Gasteiger partial charge >= 0.3 is 0 Å². The van der Waals surface area contributed by atoms with Gasteiger partial charge in [-0.1, -0.05) is 28.1 Å². The zero-order valence-corrected chi connectivity index (χ0v) is 10.0. The van der Waals surface area contributed by atoms with Gasteiger partial charge < -0.3 is 10.3 Å². The summed E-state index contributed by atoms with van der Waals surface area (Å²) >= 11 is 3.41. The Morgan fingerprint density at radius 2 is 2.00 bits per heavy atom. The summed E-state index contributed by atoms with van der Waals surface area (Å²) in [4.78, 5) is 4.06. The molecule has 2 N–H and O–H groups in total.